The zero-order valence-electron chi connectivity index (χ0n) is 22.8. The Hall–Kier alpha value is -4.74. The van der Waals surface area contributed by atoms with Gasteiger partial charge < -0.3 is 23.8 Å². The van der Waals surface area contributed by atoms with Crippen LogP contribution in [0.15, 0.2) is 60.1 Å². The van der Waals surface area contributed by atoms with Gasteiger partial charge in [0.2, 0.25) is 0 Å². The number of benzene rings is 2. The van der Waals surface area contributed by atoms with Crippen LogP contribution in [0.2, 0.25) is 0 Å². The number of allylic oxidation sites excluding steroid dienone is 2. The number of ether oxygens (including phenoxy) is 2. The molecule has 1 aliphatic carbocycles. The van der Waals surface area contributed by atoms with Gasteiger partial charge >= 0.3 is 12.7 Å². The molecule has 0 saturated carbocycles. The standard InChI is InChI=1S/C29H29F2N5O5/c1-4-18-5-11-23-26(33(2)17-32-23)14-25(18)34(3)24-12-6-19(13-27(24)41-28(30)31)20-15-35(16-20)29(37)40-22-9-7-21(8-10-22)36(38)39/h6-14,17,20,28H,4-5,15-16H2,1-3H3. The number of imidazole rings is 1. The highest BCUT2D eigenvalue weighted by molar-refractivity contribution is 5.73. The minimum atomic E-state index is -3.01. The lowest BCUT2D eigenvalue weighted by atomic mass is 9.91. The van der Waals surface area contributed by atoms with E-state index in [1.54, 1.807) is 18.5 Å². The molecule has 12 heteroatoms. The first-order valence-corrected chi connectivity index (χ1v) is 13.1. The molecule has 1 amide bonds. The van der Waals surface area contributed by atoms with Crippen molar-refractivity contribution in [3.8, 4) is 11.5 Å². The Morgan fingerprint density at radius 2 is 1.95 bits per heavy atom. The molecule has 2 aliphatic rings. The monoisotopic (exact) mass is 565 g/mol. The van der Waals surface area contributed by atoms with Crippen LogP contribution in [0, 0.1) is 10.1 Å². The predicted octanol–water partition coefficient (Wildman–Crippen LogP) is 4.29. The van der Waals surface area contributed by atoms with Gasteiger partial charge in [-0.3, -0.25) is 10.1 Å². The number of hydrogen-bond donors (Lipinski definition) is 0. The van der Waals surface area contributed by atoms with E-state index in [4.69, 9.17) is 9.47 Å². The van der Waals surface area contributed by atoms with Crippen LogP contribution in [0.4, 0.5) is 25.0 Å². The zero-order chi connectivity index (χ0) is 29.3. The second kappa shape index (κ2) is 11.4. The Balaban J connectivity index is 1.34. The molecule has 1 aromatic heterocycles. The number of fused-ring (bicyclic) bond motifs is 1. The van der Waals surface area contributed by atoms with Crippen molar-refractivity contribution in [3.63, 3.8) is 0 Å². The summed E-state index contributed by atoms with van der Waals surface area (Å²) < 4.78 is 39.2. The van der Waals surface area contributed by atoms with E-state index >= 15 is 0 Å². The fraction of sp³-hybridized carbons (Fsp3) is 0.310. The highest BCUT2D eigenvalue weighted by atomic mass is 19.3. The number of carbonyl (C=O) groups is 1. The van der Waals surface area contributed by atoms with Crippen molar-refractivity contribution in [1.29, 1.82) is 0 Å². The minimum Gasteiger partial charge on any atom is -0.433 e. The Labute approximate surface area is 234 Å². The summed E-state index contributed by atoms with van der Waals surface area (Å²) in [7, 11) is 3.74. The number of likely N-dealkylation sites (tertiary alicyclic amines) is 1. The number of halogens is 2. The van der Waals surface area contributed by atoms with Gasteiger partial charge in [-0.15, -0.1) is 0 Å². The van der Waals surface area contributed by atoms with E-state index in [9.17, 15) is 23.7 Å². The van der Waals surface area contributed by atoms with Gasteiger partial charge in [-0.25, -0.2) is 9.78 Å². The van der Waals surface area contributed by atoms with Crippen LogP contribution in [-0.4, -0.2) is 52.2 Å². The number of rotatable bonds is 8. The molecule has 3 aromatic rings. The lowest BCUT2D eigenvalue weighted by Crippen LogP contribution is -2.49. The van der Waals surface area contributed by atoms with Gasteiger partial charge in [0, 0.05) is 50.9 Å². The Bertz CT molecular complexity index is 1630. The number of nitrogens with zero attached hydrogens (tertiary/aromatic N) is 5. The van der Waals surface area contributed by atoms with E-state index in [2.05, 4.69) is 18.0 Å². The maximum atomic E-state index is 13.5. The first kappa shape index (κ1) is 27.8. The van der Waals surface area contributed by atoms with Crippen molar-refractivity contribution in [1.82, 2.24) is 14.5 Å². The van der Waals surface area contributed by atoms with Gasteiger partial charge in [-0.05, 0) is 54.3 Å². The van der Waals surface area contributed by atoms with Gasteiger partial charge in [-0.2, -0.15) is 8.78 Å². The topological polar surface area (TPSA) is 103 Å². The summed E-state index contributed by atoms with van der Waals surface area (Å²) in [5.74, 6) is 0.137. The normalized spacial score (nSPS) is 14.9. The molecular formula is C29H29F2N5O5. The quantitative estimate of drug-likeness (QED) is 0.297. The third-order valence-corrected chi connectivity index (χ3v) is 7.40. The van der Waals surface area contributed by atoms with Crippen molar-refractivity contribution in [2.75, 3.05) is 25.0 Å². The lowest BCUT2D eigenvalue weighted by Gasteiger charge is -2.38. The second-order valence-electron chi connectivity index (χ2n) is 9.91. The molecule has 1 aliphatic heterocycles. The van der Waals surface area contributed by atoms with E-state index in [-0.39, 0.29) is 23.1 Å². The van der Waals surface area contributed by atoms with Crippen molar-refractivity contribution in [2.45, 2.75) is 32.3 Å². The first-order valence-electron chi connectivity index (χ1n) is 13.1. The Morgan fingerprint density at radius 1 is 1.22 bits per heavy atom. The van der Waals surface area contributed by atoms with Crippen LogP contribution in [-0.2, 0) is 7.05 Å². The highest BCUT2D eigenvalue weighted by Crippen LogP contribution is 2.38. The summed E-state index contributed by atoms with van der Waals surface area (Å²) in [5, 5.41) is 12.6. The Kier molecular flexibility index (Phi) is 7.73. The number of carbonyl (C=O) groups excluding carboxylic acids is 1. The van der Waals surface area contributed by atoms with Crippen LogP contribution in [0.5, 0.6) is 11.5 Å². The van der Waals surface area contributed by atoms with E-state index in [0.29, 0.717) is 25.2 Å². The van der Waals surface area contributed by atoms with Gasteiger partial charge in [0.25, 0.3) is 5.69 Å². The summed E-state index contributed by atoms with van der Waals surface area (Å²) in [6.45, 7) is -0.301. The summed E-state index contributed by atoms with van der Waals surface area (Å²) in [6.07, 6.45) is 6.71. The summed E-state index contributed by atoms with van der Waals surface area (Å²) in [5.41, 5.74) is 3.17. The summed E-state index contributed by atoms with van der Waals surface area (Å²) >= 11 is 0. The van der Waals surface area contributed by atoms with Gasteiger partial charge in [0.1, 0.15) is 11.5 Å². The van der Waals surface area contributed by atoms with Crippen LogP contribution >= 0.6 is 0 Å². The number of non-ortho nitro benzene ring substituents is 1. The number of aromatic nitrogens is 2. The fourth-order valence-corrected chi connectivity index (χ4v) is 5.03. The third kappa shape index (κ3) is 5.76. The molecule has 2 aromatic carbocycles. The average Bonchev–Trinajstić information content (AvgIpc) is 3.14. The van der Waals surface area contributed by atoms with Gasteiger partial charge in [0.15, 0.2) is 0 Å². The van der Waals surface area contributed by atoms with Crippen molar-refractivity contribution < 1.29 is 28.0 Å². The van der Waals surface area contributed by atoms with Crippen LogP contribution in [0.1, 0.15) is 31.2 Å². The van der Waals surface area contributed by atoms with E-state index < -0.39 is 17.6 Å². The number of nitro benzene ring substituents is 1. The molecule has 2 heterocycles. The van der Waals surface area contributed by atoms with Crippen molar-refractivity contribution in [2.24, 2.45) is 7.05 Å². The highest BCUT2D eigenvalue weighted by Gasteiger charge is 2.34. The molecule has 1 fully saturated rings. The Morgan fingerprint density at radius 3 is 2.61 bits per heavy atom. The SMILES string of the molecule is CCC1=C(N(C)c2ccc(C3CN(C(=O)Oc4ccc([N+](=O)[O-])cc4)C3)cc2OC(F)F)C=c2c(ncn2C)=CC1. The molecule has 0 bridgehead atoms. The maximum absolute atomic E-state index is 13.5. The summed E-state index contributed by atoms with van der Waals surface area (Å²) in [6, 6.07) is 10.4. The molecular weight excluding hydrogens is 536 g/mol. The largest absolute Gasteiger partial charge is 0.433 e. The van der Waals surface area contributed by atoms with Gasteiger partial charge in [0.05, 0.1) is 27.6 Å². The molecule has 0 spiro atoms. The molecule has 214 valence electrons. The zero-order valence-corrected chi connectivity index (χ0v) is 22.8. The smallest absolute Gasteiger partial charge is 0.415 e. The van der Waals surface area contributed by atoms with Crippen LogP contribution in [0.25, 0.3) is 12.2 Å². The second-order valence-corrected chi connectivity index (χ2v) is 9.91. The first-order chi connectivity index (χ1) is 19.6. The van der Waals surface area contributed by atoms with Crippen molar-refractivity contribution >= 4 is 29.6 Å². The molecule has 1 saturated heterocycles. The molecule has 0 N–H and O–H groups in total. The average molecular weight is 566 g/mol. The van der Waals surface area contributed by atoms with E-state index in [1.807, 2.05) is 35.7 Å². The third-order valence-electron chi connectivity index (χ3n) is 7.40. The molecule has 10 nitrogen and oxygen atoms in total. The molecule has 0 radical (unpaired) electrons. The maximum Gasteiger partial charge on any atom is 0.415 e. The van der Waals surface area contributed by atoms with E-state index in [1.165, 1.54) is 29.2 Å². The van der Waals surface area contributed by atoms with E-state index in [0.717, 1.165) is 34.0 Å². The number of hydrogen-bond acceptors (Lipinski definition) is 7. The number of amides is 1. The number of alkyl halides is 2. The molecule has 5 rings (SSSR count). The molecule has 41 heavy (non-hydrogen) atoms. The molecule has 0 unspecified atom stereocenters. The van der Waals surface area contributed by atoms with Crippen LogP contribution < -0.4 is 25.1 Å². The lowest BCUT2D eigenvalue weighted by molar-refractivity contribution is -0.384. The van der Waals surface area contributed by atoms with Crippen LogP contribution in [0.3, 0.4) is 0 Å². The van der Waals surface area contributed by atoms with Crippen molar-refractivity contribution in [3.05, 3.63) is 86.4 Å². The summed E-state index contributed by atoms with van der Waals surface area (Å²) in [4.78, 5) is 30.6. The molecule has 0 atom stereocenters. The fourth-order valence-electron chi connectivity index (χ4n) is 5.03. The predicted molar refractivity (Wildman–Crippen MR) is 148 cm³/mol. The number of anilines is 1. The number of nitro groups is 1. The number of aryl methyl sites for hydroxylation is 1. The minimum absolute atomic E-state index is 0.0433. The van der Waals surface area contributed by atoms with Gasteiger partial charge in [-0.1, -0.05) is 19.1 Å².